The first kappa shape index (κ1) is 10.5. The number of sulfone groups is 1. The highest BCUT2D eigenvalue weighted by Crippen LogP contribution is 2.08. The lowest BCUT2D eigenvalue weighted by atomic mass is 10.4. The number of rotatable bonds is 3. The van der Waals surface area contributed by atoms with Gasteiger partial charge in [0, 0.05) is 6.26 Å². The summed E-state index contributed by atoms with van der Waals surface area (Å²) in [7, 11) is -3.04. The monoisotopic (exact) mass is 214 g/mol. The van der Waals surface area contributed by atoms with Crippen molar-refractivity contribution in [3.63, 3.8) is 0 Å². The van der Waals surface area contributed by atoms with Crippen LogP contribution in [0.5, 0.6) is 0 Å². The topological polar surface area (TPSA) is 102 Å². The van der Waals surface area contributed by atoms with E-state index in [4.69, 9.17) is 11.0 Å². The van der Waals surface area contributed by atoms with Crippen LogP contribution in [-0.2, 0) is 16.4 Å². The van der Waals surface area contributed by atoms with E-state index in [2.05, 4.69) is 5.10 Å². The average Bonchev–Trinajstić information content (AvgIpc) is 2.42. The van der Waals surface area contributed by atoms with Crippen LogP contribution in [0, 0.1) is 11.3 Å². The summed E-state index contributed by atoms with van der Waals surface area (Å²) in [5, 5.41) is 12.4. The summed E-state index contributed by atoms with van der Waals surface area (Å²) >= 11 is 0. The van der Waals surface area contributed by atoms with Crippen LogP contribution in [-0.4, -0.2) is 30.2 Å². The average molecular weight is 214 g/mol. The molecule has 0 aromatic carbocycles. The van der Waals surface area contributed by atoms with E-state index in [0.717, 1.165) is 6.26 Å². The second kappa shape index (κ2) is 3.67. The zero-order valence-corrected chi connectivity index (χ0v) is 8.45. The van der Waals surface area contributed by atoms with Gasteiger partial charge in [-0.25, -0.2) is 13.1 Å². The zero-order valence-electron chi connectivity index (χ0n) is 7.64. The molecule has 1 aromatic heterocycles. The molecule has 0 atom stereocenters. The Hall–Kier alpha value is -1.55. The molecule has 0 aliphatic rings. The van der Waals surface area contributed by atoms with E-state index in [9.17, 15) is 8.42 Å². The Morgan fingerprint density at radius 2 is 2.36 bits per heavy atom. The molecule has 0 radical (unpaired) electrons. The predicted octanol–water partition coefficient (Wildman–Crippen LogP) is -0.618. The summed E-state index contributed by atoms with van der Waals surface area (Å²) in [5.41, 5.74) is 5.79. The summed E-state index contributed by atoms with van der Waals surface area (Å²) in [6, 6.07) is 1.86. The van der Waals surface area contributed by atoms with Gasteiger partial charge in [0.05, 0.1) is 18.5 Å². The Kier molecular flexibility index (Phi) is 2.76. The fourth-order valence-electron chi connectivity index (χ4n) is 0.911. The van der Waals surface area contributed by atoms with Crippen molar-refractivity contribution < 1.29 is 8.42 Å². The number of anilines is 1. The van der Waals surface area contributed by atoms with Crippen LogP contribution in [0.25, 0.3) is 0 Å². The van der Waals surface area contributed by atoms with Crippen molar-refractivity contribution in [3.8, 4) is 6.07 Å². The molecule has 0 saturated heterocycles. The van der Waals surface area contributed by atoms with Gasteiger partial charge >= 0.3 is 0 Å². The Labute approximate surface area is 81.9 Å². The summed E-state index contributed by atoms with van der Waals surface area (Å²) in [4.78, 5) is 0. The maximum absolute atomic E-state index is 10.8. The summed E-state index contributed by atoms with van der Waals surface area (Å²) < 4.78 is 23.0. The van der Waals surface area contributed by atoms with Crippen LogP contribution in [0.4, 0.5) is 5.82 Å². The highest BCUT2D eigenvalue weighted by Gasteiger charge is 2.08. The van der Waals surface area contributed by atoms with Crippen LogP contribution >= 0.6 is 0 Å². The molecule has 7 heteroatoms. The van der Waals surface area contributed by atoms with Crippen molar-refractivity contribution in [3.05, 3.63) is 11.8 Å². The first-order valence-corrected chi connectivity index (χ1v) is 5.89. The molecule has 1 rings (SSSR count). The molecule has 0 amide bonds. The Balaban J connectivity index is 2.80. The Bertz CT molecular complexity index is 468. The molecule has 0 spiro atoms. The van der Waals surface area contributed by atoms with Gasteiger partial charge in [0.15, 0.2) is 0 Å². The van der Waals surface area contributed by atoms with Gasteiger partial charge in [0.25, 0.3) is 0 Å². The minimum atomic E-state index is -3.04. The first-order valence-electron chi connectivity index (χ1n) is 3.83. The fourth-order valence-corrected chi connectivity index (χ4v) is 1.42. The molecule has 14 heavy (non-hydrogen) atoms. The lowest BCUT2D eigenvalue weighted by Gasteiger charge is -2.01. The van der Waals surface area contributed by atoms with Gasteiger partial charge in [0.2, 0.25) is 0 Å². The maximum Gasteiger partial charge on any atom is 0.149 e. The normalized spacial score (nSPS) is 11.1. The second-order valence-corrected chi connectivity index (χ2v) is 5.17. The zero-order chi connectivity index (χ0) is 10.8. The van der Waals surface area contributed by atoms with E-state index in [1.165, 1.54) is 10.9 Å². The van der Waals surface area contributed by atoms with Gasteiger partial charge in [0.1, 0.15) is 27.3 Å². The maximum atomic E-state index is 10.8. The number of nitrogens with two attached hydrogens (primary N) is 1. The summed E-state index contributed by atoms with van der Waals surface area (Å²) in [6.07, 6.45) is 2.45. The highest BCUT2D eigenvalue weighted by molar-refractivity contribution is 7.90. The van der Waals surface area contributed by atoms with E-state index in [1.54, 1.807) is 0 Å². The van der Waals surface area contributed by atoms with E-state index >= 15 is 0 Å². The summed E-state index contributed by atoms with van der Waals surface area (Å²) in [6.45, 7) is 0.173. The first-order chi connectivity index (χ1) is 6.44. The molecule has 0 saturated carbocycles. The molecule has 6 nitrogen and oxygen atoms in total. The molecule has 1 aromatic rings. The third-order valence-corrected chi connectivity index (χ3v) is 2.60. The van der Waals surface area contributed by atoms with E-state index in [-0.39, 0.29) is 23.7 Å². The lowest BCUT2D eigenvalue weighted by molar-refractivity contribution is 0.587. The smallest absolute Gasteiger partial charge is 0.149 e. The predicted molar refractivity (Wildman–Crippen MR) is 51.1 cm³/mol. The van der Waals surface area contributed by atoms with E-state index < -0.39 is 9.84 Å². The molecule has 2 N–H and O–H groups in total. The van der Waals surface area contributed by atoms with Gasteiger partial charge < -0.3 is 5.73 Å². The van der Waals surface area contributed by atoms with Crippen molar-refractivity contribution in [2.75, 3.05) is 17.7 Å². The number of hydrogen-bond acceptors (Lipinski definition) is 5. The number of hydrogen-bond donors (Lipinski definition) is 1. The van der Waals surface area contributed by atoms with Gasteiger partial charge in [-0.3, -0.25) is 0 Å². The van der Waals surface area contributed by atoms with Crippen molar-refractivity contribution >= 4 is 15.7 Å². The van der Waals surface area contributed by atoms with Crippen molar-refractivity contribution in [2.45, 2.75) is 6.54 Å². The SMILES string of the molecule is CS(=O)(=O)CCn1ncc(C#N)c1N. The molecular formula is C7H10N4O2S. The van der Waals surface area contributed by atoms with Crippen LogP contribution in [0.15, 0.2) is 6.20 Å². The quantitative estimate of drug-likeness (QED) is 0.722. The lowest BCUT2D eigenvalue weighted by Crippen LogP contribution is -2.14. The van der Waals surface area contributed by atoms with Gasteiger partial charge in [-0.1, -0.05) is 0 Å². The second-order valence-electron chi connectivity index (χ2n) is 2.91. The molecular weight excluding hydrogens is 204 g/mol. The number of nitriles is 1. The van der Waals surface area contributed by atoms with Crippen LogP contribution in [0.2, 0.25) is 0 Å². The third kappa shape index (κ3) is 2.47. The molecule has 0 aliphatic heterocycles. The van der Waals surface area contributed by atoms with Crippen molar-refractivity contribution in [1.29, 1.82) is 5.26 Å². The number of nitrogen functional groups attached to an aromatic ring is 1. The van der Waals surface area contributed by atoms with Gasteiger partial charge in [-0.05, 0) is 0 Å². The molecule has 1 heterocycles. The van der Waals surface area contributed by atoms with Crippen molar-refractivity contribution in [2.24, 2.45) is 0 Å². The van der Waals surface area contributed by atoms with E-state index in [0.29, 0.717) is 0 Å². The Morgan fingerprint density at radius 3 is 2.79 bits per heavy atom. The molecule has 0 aliphatic carbocycles. The third-order valence-electron chi connectivity index (χ3n) is 1.67. The molecule has 0 unspecified atom stereocenters. The number of aromatic nitrogens is 2. The van der Waals surface area contributed by atoms with Crippen LogP contribution in [0.1, 0.15) is 5.56 Å². The van der Waals surface area contributed by atoms with Crippen molar-refractivity contribution in [1.82, 2.24) is 9.78 Å². The minimum absolute atomic E-state index is 0.0379. The van der Waals surface area contributed by atoms with E-state index in [1.807, 2.05) is 6.07 Å². The Morgan fingerprint density at radius 1 is 1.71 bits per heavy atom. The van der Waals surface area contributed by atoms with Crippen LogP contribution in [0.3, 0.4) is 0 Å². The van der Waals surface area contributed by atoms with Crippen LogP contribution < -0.4 is 5.73 Å². The number of aryl methyl sites for hydroxylation is 1. The highest BCUT2D eigenvalue weighted by atomic mass is 32.2. The standard InChI is InChI=1S/C7H10N4O2S/c1-14(12,13)3-2-11-7(9)6(4-8)5-10-11/h5H,2-3,9H2,1H3. The summed E-state index contributed by atoms with van der Waals surface area (Å²) in [5.74, 6) is 0.167. The van der Waals surface area contributed by atoms with Gasteiger partial charge in [-0.15, -0.1) is 0 Å². The number of nitrogens with zero attached hydrogens (tertiary/aromatic N) is 3. The largest absolute Gasteiger partial charge is 0.383 e. The fraction of sp³-hybridized carbons (Fsp3) is 0.429. The molecule has 0 fully saturated rings. The molecule has 0 bridgehead atoms. The van der Waals surface area contributed by atoms with Gasteiger partial charge in [-0.2, -0.15) is 10.4 Å². The molecule has 76 valence electrons. The minimum Gasteiger partial charge on any atom is -0.383 e.